The Kier molecular flexibility index (Phi) is 6.57. The van der Waals surface area contributed by atoms with Crippen molar-refractivity contribution in [2.24, 2.45) is 0 Å². The standard InChI is InChI=1S/C22H24N4O2/c1-2-25(16-18-9-5-3-6-10-18)22(28)15-23-21(27)13-19-14-24-26(17-19)20-11-7-4-8-12-20/h3-12,14,17H,2,13,15-16H2,1H3,(H,23,27). The lowest BCUT2D eigenvalue weighted by atomic mass is 10.2. The second-order valence-corrected chi connectivity index (χ2v) is 6.48. The molecule has 144 valence electrons. The van der Waals surface area contributed by atoms with Crippen LogP contribution in [-0.2, 0) is 22.6 Å². The molecule has 0 radical (unpaired) electrons. The van der Waals surface area contributed by atoms with Gasteiger partial charge in [-0.15, -0.1) is 0 Å². The molecule has 3 aromatic rings. The monoisotopic (exact) mass is 376 g/mol. The van der Waals surface area contributed by atoms with Gasteiger partial charge in [-0.1, -0.05) is 48.5 Å². The van der Waals surface area contributed by atoms with Crippen molar-refractivity contribution in [3.8, 4) is 5.69 Å². The number of nitrogens with zero attached hydrogens (tertiary/aromatic N) is 3. The number of hydrogen-bond acceptors (Lipinski definition) is 3. The highest BCUT2D eigenvalue weighted by Crippen LogP contribution is 2.08. The van der Waals surface area contributed by atoms with Crippen LogP contribution < -0.4 is 5.32 Å². The molecule has 6 heteroatoms. The molecule has 6 nitrogen and oxygen atoms in total. The molecule has 0 bridgehead atoms. The summed E-state index contributed by atoms with van der Waals surface area (Å²) >= 11 is 0. The molecule has 2 amide bonds. The Hall–Kier alpha value is -3.41. The van der Waals surface area contributed by atoms with E-state index in [1.54, 1.807) is 15.8 Å². The second kappa shape index (κ2) is 9.50. The van der Waals surface area contributed by atoms with Crippen molar-refractivity contribution < 1.29 is 9.59 Å². The van der Waals surface area contributed by atoms with Crippen molar-refractivity contribution in [3.05, 3.63) is 84.2 Å². The zero-order valence-corrected chi connectivity index (χ0v) is 15.9. The minimum atomic E-state index is -0.197. The summed E-state index contributed by atoms with van der Waals surface area (Å²) in [5, 5.41) is 7.00. The Morgan fingerprint density at radius 3 is 2.36 bits per heavy atom. The number of likely N-dealkylation sites (N-methyl/N-ethyl adjacent to an activating group) is 1. The summed E-state index contributed by atoms with van der Waals surface area (Å²) in [6.45, 7) is 3.05. The van der Waals surface area contributed by atoms with Gasteiger partial charge in [0.2, 0.25) is 11.8 Å². The molecule has 0 saturated heterocycles. The van der Waals surface area contributed by atoms with E-state index in [2.05, 4.69) is 10.4 Å². The minimum Gasteiger partial charge on any atom is -0.347 e. The van der Waals surface area contributed by atoms with Gasteiger partial charge in [0.15, 0.2) is 0 Å². The van der Waals surface area contributed by atoms with Crippen LogP contribution in [0.2, 0.25) is 0 Å². The summed E-state index contributed by atoms with van der Waals surface area (Å²) in [5.74, 6) is -0.295. The van der Waals surface area contributed by atoms with Crippen LogP contribution in [0.3, 0.4) is 0 Å². The lowest BCUT2D eigenvalue weighted by molar-refractivity contribution is -0.133. The minimum absolute atomic E-state index is 0.00761. The number of rotatable bonds is 8. The summed E-state index contributed by atoms with van der Waals surface area (Å²) in [6, 6.07) is 19.5. The second-order valence-electron chi connectivity index (χ2n) is 6.48. The van der Waals surface area contributed by atoms with Gasteiger partial charge in [-0.25, -0.2) is 4.68 Å². The van der Waals surface area contributed by atoms with E-state index in [0.717, 1.165) is 16.8 Å². The van der Waals surface area contributed by atoms with E-state index in [9.17, 15) is 9.59 Å². The van der Waals surface area contributed by atoms with Gasteiger partial charge in [-0.2, -0.15) is 5.10 Å². The molecule has 0 fully saturated rings. The fourth-order valence-corrected chi connectivity index (χ4v) is 2.89. The van der Waals surface area contributed by atoms with Gasteiger partial charge in [-0.05, 0) is 30.2 Å². The molecule has 28 heavy (non-hydrogen) atoms. The van der Waals surface area contributed by atoms with Crippen LogP contribution in [0.1, 0.15) is 18.1 Å². The maximum atomic E-state index is 12.4. The van der Waals surface area contributed by atoms with Crippen molar-refractivity contribution in [2.45, 2.75) is 19.9 Å². The summed E-state index contributed by atoms with van der Waals surface area (Å²) in [7, 11) is 0. The van der Waals surface area contributed by atoms with Crippen molar-refractivity contribution >= 4 is 11.8 Å². The average molecular weight is 376 g/mol. The van der Waals surface area contributed by atoms with E-state index in [1.165, 1.54) is 0 Å². The van der Waals surface area contributed by atoms with Crippen molar-refractivity contribution in [3.63, 3.8) is 0 Å². The third kappa shape index (κ3) is 5.30. The maximum Gasteiger partial charge on any atom is 0.242 e. The molecule has 0 aliphatic rings. The summed E-state index contributed by atoms with van der Waals surface area (Å²) < 4.78 is 1.73. The Bertz CT molecular complexity index is 907. The summed E-state index contributed by atoms with van der Waals surface area (Å²) in [5.41, 5.74) is 2.80. The van der Waals surface area contributed by atoms with Crippen LogP contribution in [-0.4, -0.2) is 39.6 Å². The van der Waals surface area contributed by atoms with Gasteiger partial charge in [0.05, 0.1) is 24.8 Å². The molecule has 1 N–H and O–H groups in total. The van der Waals surface area contributed by atoms with Crippen LogP contribution >= 0.6 is 0 Å². The molecule has 0 atom stereocenters. The Labute approximate surface area is 164 Å². The fourth-order valence-electron chi connectivity index (χ4n) is 2.89. The number of para-hydroxylation sites is 1. The van der Waals surface area contributed by atoms with Crippen molar-refractivity contribution in [1.29, 1.82) is 0 Å². The first kappa shape index (κ1) is 19.4. The van der Waals surface area contributed by atoms with E-state index in [1.807, 2.05) is 73.8 Å². The van der Waals surface area contributed by atoms with Crippen LogP contribution in [0.25, 0.3) is 5.69 Å². The van der Waals surface area contributed by atoms with Gasteiger partial charge >= 0.3 is 0 Å². The lowest BCUT2D eigenvalue weighted by Gasteiger charge is -2.21. The number of hydrogen-bond donors (Lipinski definition) is 1. The quantitative estimate of drug-likeness (QED) is 0.657. The smallest absolute Gasteiger partial charge is 0.242 e. The Balaban J connectivity index is 1.49. The van der Waals surface area contributed by atoms with Crippen LogP contribution in [0.4, 0.5) is 0 Å². The first-order valence-corrected chi connectivity index (χ1v) is 9.33. The average Bonchev–Trinajstić information content (AvgIpc) is 3.20. The first-order chi connectivity index (χ1) is 13.7. The Morgan fingerprint density at radius 1 is 1.00 bits per heavy atom. The molecule has 0 unspecified atom stereocenters. The number of carbonyl (C=O) groups excluding carboxylic acids is 2. The van der Waals surface area contributed by atoms with E-state index in [0.29, 0.717) is 13.1 Å². The van der Waals surface area contributed by atoms with Gasteiger partial charge < -0.3 is 10.2 Å². The molecule has 2 aromatic carbocycles. The molecule has 3 rings (SSSR count). The maximum absolute atomic E-state index is 12.4. The van der Waals surface area contributed by atoms with Crippen molar-refractivity contribution in [1.82, 2.24) is 20.0 Å². The Morgan fingerprint density at radius 2 is 1.68 bits per heavy atom. The van der Waals surface area contributed by atoms with E-state index in [-0.39, 0.29) is 24.8 Å². The van der Waals surface area contributed by atoms with E-state index < -0.39 is 0 Å². The molecule has 0 saturated carbocycles. The summed E-state index contributed by atoms with van der Waals surface area (Å²) in [6.07, 6.45) is 3.68. The number of carbonyl (C=O) groups is 2. The SMILES string of the molecule is CCN(Cc1ccccc1)C(=O)CNC(=O)Cc1cnn(-c2ccccc2)c1. The van der Waals surface area contributed by atoms with E-state index in [4.69, 9.17) is 0 Å². The summed E-state index contributed by atoms with van der Waals surface area (Å²) in [4.78, 5) is 26.4. The third-order valence-corrected chi connectivity index (χ3v) is 4.41. The molecular formula is C22H24N4O2. The predicted octanol–water partition coefficient (Wildman–Crippen LogP) is 2.58. The molecule has 0 aliphatic heterocycles. The zero-order chi connectivity index (χ0) is 19.8. The van der Waals surface area contributed by atoms with Gasteiger partial charge in [-0.3, -0.25) is 9.59 Å². The largest absolute Gasteiger partial charge is 0.347 e. The van der Waals surface area contributed by atoms with Crippen LogP contribution in [0.5, 0.6) is 0 Å². The third-order valence-electron chi connectivity index (χ3n) is 4.41. The van der Waals surface area contributed by atoms with Gasteiger partial charge in [0.1, 0.15) is 0 Å². The molecular weight excluding hydrogens is 352 g/mol. The zero-order valence-electron chi connectivity index (χ0n) is 15.9. The highest BCUT2D eigenvalue weighted by atomic mass is 16.2. The molecule has 1 heterocycles. The fraction of sp³-hybridized carbons (Fsp3) is 0.227. The normalized spacial score (nSPS) is 10.5. The number of aromatic nitrogens is 2. The number of amides is 2. The van der Waals surface area contributed by atoms with Crippen LogP contribution in [0, 0.1) is 0 Å². The van der Waals surface area contributed by atoms with E-state index >= 15 is 0 Å². The highest BCUT2D eigenvalue weighted by Gasteiger charge is 2.14. The number of nitrogens with one attached hydrogen (secondary N) is 1. The lowest BCUT2D eigenvalue weighted by Crippen LogP contribution is -2.40. The predicted molar refractivity (Wildman–Crippen MR) is 108 cm³/mol. The molecule has 1 aromatic heterocycles. The highest BCUT2D eigenvalue weighted by molar-refractivity contribution is 5.85. The molecule has 0 aliphatic carbocycles. The van der Waals surface area contributed by atoms with Gasteiger partial charge in [0, 0.05) is 19.3 Å². The number of benzene rings is 2. The van der Waals surface area contributed by atoms with Crippen LogP contribution in [0.15, 0.2) is 73.1 Å². The first-order valence-electron chi connectivity index (χ1n) is 9.33. The van der Waals surface area contributed by atoms with Crippen molar-refractivity contribution in [2.75, 3.05) is 13.1 Å². The topological polar surface area (TPSA) is 67.2 Å². The molecule has 0 spiro atoms. The van der Waals surface area contributed by atoms with Gasteiger partial charge in [0.25, 0.3) is 0 Å².